The predicted octanol–water partition coefficient (Wildman–Crippen LogP) is 4.08. The number of hydrogen-bond donors (Lipinski definition) is 0. The van der Waals surface area contributed by atoms with Crippen LogP contribution in [0.15, 0.2) is 42.5 Å². The van der Waals surface area contributed by atoms with Crippen LogP contribution in [0.4, 0.5) is 0 Å². The molecule has 0 aromatic heterocycles. The SMILES string of the molecule is c1ccc(CN2CCCCC(CN3CCc4cc5c(cc4C3)OCO5)C2)cc1. The Morgan fingerprint density at radius 3 is 2.57 bits per heavy atom. The second-order valence-electron chi connectivity index (χ2n) is 8.54. The van der Waals surface area contributed by atoms with E-state index in [-0.39, 0.29) is 0 Å². The number of likely N-dealkylation sites (tertiary alicyclic amines) is 1. The summed E-state index contributed by atoms with van der Waals surface area (Å²) in [5.41, 5.74) is 4.29. The van der Waals surface area contributed by atoms with Crippen LogP contribution in [0.5, 0.6) is 11.5 Å². The van der Waals surface area contributed by atoms with E-state index in [1.54, 1.807) is 0 Å². The zero-order valence-electron chi connectivity index (χ0n) is 16.6. The molecule has 0 radical (unpaired) electrons. The third kappa shape index (κ3) is 4.03. The van der Waals surface area contributed by atoms with Crippen molar-refractivity contribution in [1.82, 2.24) is 9.80 Å². The van der Waals surface area contributed by atoms with Gasteiger partial charge in [-0.15, -0.1) is 0 Å². The van der Waals surface area contributed by atoms with Crippen LogP contribution in [0, 0.1) is 5.92 Å². The lowest BCUT2D eigenvalue weighted by Gasteiger charge is -2.33. The number of ether oxygens (including phenoxy) is 2. The van der Waals surface area contributed by atoms with Crippen molar-refractivity contribution in [3.63, 3.8) is 0 Å². The predicted molar refractivity (Wildman–Crippen MR) is 111 cm³/mol. The summed E-state index contributed by atoms with van der Waals surface area (Å²) in [6.07, 6.45) is 5.16. The molecule has 28 heavy (non-hydrogen) atoms. The molecule has 0 saturated carbocycles. The summed E-state index contributed by atoms with van der Waals surface area (Å²) in [6, 6.07) is 15.3. The van der Waals surface area contributed by atoms with Gasteiger partial charge >= 0.3 is 0 Å². The largest absolute Gasteiger partial charge is 0.454 e. The fourth-order valence-electron chi connectivity index (χ4n) is 4.98. The van der Waals surface area contributed by atoms with Gasteiger partial charge in [0.05, 0.1) is 0 Å². The Balaban J connectivity index is 1.22. The van der Waals surface area contributed by atoms with Crippen molar-refractivity contribution in [2.45, 2.75) is 38.8 Å². The monoisotopic (exact) mass is 378 g/mol. The zero-order chi connectivity index (χ0) is 18.8. The molecule has 0 amide bonds. The van der Waals surface area contributed by atoms with Crippen LogP contribution < -0.4 is 9.47 Å². The molecule has 2 aromatic rings. The maximum atomic E-state index is 5.59. The molecule has 0 aliphatic carbocycles. The lowest BCUT2D eigenvalue weighted by molar-refractivity contribution is 0.170. The van der Waals surface area contributed by atoms with Crippen molar-refractivity contribution in [2.75, 3.05) is 33.0 Å². The maximum absolute atomic E-state index is 5.59. The van der Waals surface area contributed by atoms with E-state index < -0.39 is 0 Å². The molecule has 0 spiro atoms. The Morgan fingerprint density at radius 2 is 1.71 bits per heavy atom. The summed E-state index contributed by atoms with van der Waals surface area (Å²) in [7, 11) is 0. The molecule has 4 nitrogen and oxygen atoms in total. The summed E-state index contributed by atoms with van der Waals surface area (Å²) < 4.78 is 11.1. The van der Waals surface area contributed by atoms with E-state index in [1.165, 1.54) is 55.6 Å². The highest BCUT2D eigenvalue weighted by Crippen LogP contribution is 2.37. The van der Waals surface area contributed by atoms with Crippen molar-refractivity contribution in [2.24, 2.45) is 5.92 Å². The van der Waals surface area contributed by atoms with Gasteiger partial charge in [-0.25, -0.2) is 0 Å². The van der Waals surface area contributed by atoms with E-state index in [4.69, 9.17) is 9.47 Å². The molecule has 1 saturated heterocycles. The quantitative estimate of drug-likeness (QED) is 0.801. The second-order valence-corrected chi connectivity index (χ2v) is 8.54. The Morgan fingerprint density at radius 1 is 0.893 bits per heavy atom. The highest BCUT2D eigenvalue weighted by Gasteiger charge is 2.25. The normalized spacial score (nSPS) is 22.6. The highest BCUT2D eigenvalue weighted by molar-refractivity contribution is 5.49. The minimum Gasteiger partial charge on any atom is -0.454 e. The zero-order valence-corrected chi connectivity index (χ0v) is 16.6. The van der Waals surface area contributed by atoms with Crippen LogP contribution in [0.2, 0.25) is 0 Å². The van der Waals surface area contributed by atoms with Gasteiger partial charge in [-0.1, -0.05) is 36.8 Å². The number of fused-ring (bicyclic) bond motifs is 2. The molecule has 3 aliphatic heterocycles. The topological polar surface area (TPSA) is 24.9 Å². The Labute approximate surface area is 168 Å². The molecular weight excluding hydrogens is 348 g/mol. The van der Waals surface area contributed by atoms with Crippen LogP contribution in [0.1, 0.15) is 36.0 Å². The fourth-order valence-corrected chi connectivity index (χ4v) is 4.98. The third-order valence-electron chi connectivity index (χ3n) is 6.40. The summed E-state index contributed by atoms with van der Waals surface area (Å²) >= 11 is 0. The molecule has 1 atom stereocenters. The third-order valence-corrected chi connectivity index (χ3v) is 6.40. The van der Waals surface area contributed by atoms with E-state index in [9.17, 15) is 0 Å². The number of nitrogens with zero attached hydrogens (tertiary/aromatic N) is 2. The van der Waals surface area contributed by atoms with Gasteiger partial charge in [0, 0.05) is 32.7 Å². The maximum Gasteiger partial charge on any atom is 0.231 e. The minimum atomic E-state index is 0.362. The minimum absolute atomic E-state index is 0.362. The Hall–Kier alpha value is -2.04. The van der Waals surface area contributed by atoms with Crippen LogP contribution in [0.25, 0.3) is 0 Å². The molecule has 0 bridgehead atoms. The van der Waals surface area contributed by atoms with Crippen LogP contribution >= 0.6 is 0 Å². The van der Waals surface area contributed by atoms with Crippen molar-refractivity contribution in [1.29, 1.82) is 0 Å². The molecule has 2 aromatic carbocycles. The fraction of sp³-hybridized carbons (Fsp3) is 0.500. The number of rotatable bonds is 4. The van der Waals surface area contributed by atoms with Crippen molar-refractivity contribution in [3.05, 3.63) is 59.2 Å². The standard InChI is InChI=1S/C24H30N2O2/c1-2-6-19(7-3-1)14-25-10-5-4-8-20(15-25)16-26-11-9-21-12-23-24(28-18-27-23)13-22(21)17-26/h1-3,6-7,12-13,20H,4-5,8-11,14-18H2. The van der Waals surface area contributed by atoms with Gasteiger partial charge in [-0.3, -0.25) is 9.80 Å². The second kappa shape index (κ2) is 8.14. The van der Waals surface area contributed by atoms with E-state index in [2.05, 4.69) is 52.3 Å². The van der Waals surface area contributed by atoms with E-state index in [0.717, 1.165) is 43.5 Å². The van der Waals surface area contributed by atoms with Crippen molar-refractivity contribution in [3.8, 4) is 11.5 Å². The first-order valence-corrected chi connectivity index (χ1v) is 10.7. The Kier molecular flexibility index (Phi) is 5.24. The van der Waals surface area contributed by atoms with Gasteiger partial charge in [0.1, 0.15) is 0 Å². The first kappa shape index (κ1) is 18.0. The van der Waals surface area contributed by atoms with Gasteiger partial charge in [-0.2, -0.15) is 0 Å². The molecule has 3 aliphatic rings. The summed E-state index contributed by atoms with van der Waals surface area (Å²) in [5, 5.41) is 0. The lowest BCUT2D eigenvalue weighted by atomic mass is 9.96. The molecular formula is C24H30N2O2. The average molecular weight is 379 g/mol. The van der Waals surface area contributed by atoms with E-state index in [1.807, 2.05) is 0 Å². The first-order chi connectivity index (χ1) is 13.8. The van der Waals surface area contributed by atoms with E-state index in [0.29, 0.717) is 6.79 Å². The molecule has 1 unspecified atom stereocenters. The van der Waals surface area contributed by atoms with Gasteiger partial charge in [0.2, 0.25) is 6.79 Å². The van der Waals surface area contributed by atoms with Crippen molar-refractivity contribution < 1.29 is 9.47 Å². The summed E-state index contributed by atoms with van der Waals surface area (Å²) in [6.45, 7) is 7.31. The summed E-state index contributed by atoms with van der Waals surface area (Å²) in [5.74, 6) is 2.61. The van der Waals surface area contributed by atoms with Crippen LogP contribution in [-0.4, -0.2) is 42.8 Å². The lowest BCUT2D eigenvalue weighted by Crippen LogP contribution is -2.38. The van der Waals surface area contributed by atoms with Crippen LogP contribution in [0.3, 0.4) is 0 Å². The molecule has 1 fully saturated rings. The smallest absolute Gasteiger partial charge is 0.231 e. The van der Waals surface area contributed by atoms with E-state index >= 15 is 0 Å². The van der Waals surface area contributed by atoms with Crippen molar-refractivity contribution >= 4 is 0 Å². The average Bonchev–Trinajstić information content (AvgIpc) is 3.06. The molecule has 0 N–H and O–H groups in total. The number of hydrogen-bond acceptors (Lipinski definition) is 4. The van der Waals surface area contributed by atoms with Gasteiger partial charge in [-0.05, 0) is 60.5 Å². The molecule has 4 heteroatoms. The highest BCUT2D eigenvalue weighted by atomic mass is 16.7. The molecule has 3 heterocycles. The van der Waals surface area contributed by atoms with Crippen LogP contribution in [-0.2, 0) is 19.5 Å². The summed E-state index contributed by atoms with van der Waals surface area (Å²) in [4.78, 5) is 5.32. The molecule has 148 valence electrons. The van der Waals surface area contributed by atoms with Gasteiger partial charge in [0.25, 0.3) is 0 Å². The van der Waals surface area contributed by atoms with Gasteiger partial charge < -0.3 is 9.47 Å². The molecule has 5 rings (SSSR count). The Bertz CT molecular complexity index is 808. The first-order valence-electron chi connectivity index (χ1n) is 10.7. The van der Waals surface area contributed by atoms with Gasteiger partial charge in [0.15, 0.2) is 11.5 Å². The number of benzene rings is 2.